The third-order valence-corrected chi connectivity index (χ3v) is 2.73. The van der Waals surface area contributed by atoms with E-state index in [1.807, 2.05) is 13.0 Å². The van der Waals surface area contributed by atoms with Crippen LogP contribution in [0.1, 0.15) is 16.1 Å². The fourth-order valence-electron chi connectivity index (χ4n) is 1.52. The molecule has 0 saturated carbocycles. The highest BCUT2D eigenvalue weighted by Gasteiger charge is 2.10. The number of carbonyl (C=O) groups is 1. The Hall–Kier alpha value is -2.14. The van der Waals surface area contributed by atoms with Gasteiger partial charge in [-0.15, -0.1) is 0 Å². The van der Waals surface area contributed by atoms with Crippen molar-refractivity contribution < 1.29 is 9.53 Å². The summed E-state index contributed by atoms with van der Waals surface area (Å²) < 4.78 is 5.10. The number of ether oxygens (including phenoxy) is 1. The molecule has 2 aromatic rings. The van der Waals surface area contributed by atoms with Crippen LogP contribution in [0.5, 0.6) is 5.75 Å². The third kappa shape index (κ3) is 3.20. The highest BCUT2D eigenvalue weighted by atomic mass is 35.5. The molecule has 5 nitrogen and oxygen atoms in total. The molecule has 0 atom stereocenters. The van der Waals surface area contributed by atoms with Crippen molar-refractivity contribution in [2.24, 2.45) is 0 Å². The predicted octanol–water partition coefficient (Wildman–Crippen LogP) is 2.70. The highest BCUT2D eigenvalue weighted by molar-refractivity contribution is 6.29. The smallest absolute Gasteiger partial charge is 0.275 e. The summed E-state index contributed by atoms with van der Waals surface area (Å²) in [7, 11) is 1.59. The number of amides is 1. The number of aromatic nitrogens is 2. The molecule has 19 heavy (non-hydrogen) atoms. The number of carbonyl (C=O) groups excluding carboxylic acids is 1. The lowest BCUT2D eigenvalue weighted by Crippen LogP contribution is -2.14. The van der Waals surface area contributed by atoms with Gasteiger partial charge in [0.15, 0.2) is 0 Å². The second kappa shape index (κ2) is 5.67. The van der Waals surface area contributed by atoms with Crippen molar-refractivity contribution in [2.75, 3.05) is 12.4 Å². The Kier molecular flexibility index (Phi) is 3.97. The van der Waals surface area contributed by atoms with Crippen molar-refractivity contribution in [1.29, 1.82) is 0 Å². The lowest BCUT2D eigenvalue weighted by atomic mass is 10.2. The molecule has 0 fully saturated rings. The van der Waals surface area contributed by atoms with Crippen molar-refractivity contribution in [3.8, 4) is 5.75 Å². The van der Waals surface area contributed by atoms with Gasteiger partial charge in [0.2, 0.25) is 0 Å². The fraction of sp³-hybridized carbons (Fsp3) is 0.154. The summed E-state index contributed by atoms with van der Waals surface area (Å²) in [5.74, 6) is 0.402. The molecule has 0 aliphatic heterocycles. The van der Waals surface area contributed by atoms with Crippen LogP contribution in [0, 0.1) is 6.92 Å². The van der Waals surface area contributed by atoms with Gasteiger partial charge >= 0.3 is 0 Å². The van der Waals surface area contributed by atoms with Gasteiger partial charge < -0.3 is 10.1 Å². The van der Waals surface area contributed by atoms with Gasteiger partial charge in [0.25, 0.3) is 5.91 Å². The molecule has 0 spiro atoms. The molecule has 0 saturated heterocycles. The maximum atomic E-state index is 11.9. The van der Waals surface area contributed by atoms with Crippen molar-refractivity contribution in [2.45, 2.75) is 6.92 Å². The van der Waals surface area contributed by atoms with Gasteiger partial charge in [-0.3, -0.25) is 4.79 Å². The van der Waals surface area contributed by atoms with Crippen LogP contribution in [-0.2, 0) is 0 Å². The number of benzene rings is 1. The lowest BCUT2D eigenvalue weighted by molar-refractivity contribution is 0.102. The standard InChI is InChI=1S/C13H12ClN3O2/c1-8-5-9(19-2)3-4-10(8)17-13(18)11-6-16-12(14)7-15-11/h3-7H,1-2H3,(H,17,18). The monoisotopic (exact) mass is 277 g/mol. The molecule has 0 aliphatic carbocycles. The number of aryl methyl sites for hydroxylation is 1. The number of halogens is 1. The second-order valence-electron chi connectivity index (χ2n) is 3.86. The number of nitrogens with zero attached hydrogens (tertiary/aromatic N) is 2. The summed E-state index contributed by atoms with van der Waals surface area (Å²) in [6.45, 7) is 1.88. The first kappa shape index (κ1) is 13.3. The summed E-state index contributed by atoms with van der Waals surface area (Å²) in [6.07, 6.45) is 2.66. The number of rotatable bonds is 3. The Morgan fingerprint density at radius 2 is 2.11 bits per heavy atom. The second-order valence-corrected chi connectivity index (χ2v) is 4.25. The molecule has 0 bridgehead atoms. The number of hydrogen-bond acceptors (Lipinski definition) is 4. The maximum Gasteiger partial charge on any atom is 0.275 e. The maximum absolute atomic E-state index is 11.9. The molecular formula is C13H12ClN3O2. The normalized spacial score (nSPS) is 10.1. The van der Waals surface area contributed by atoms with E-state index in [0.717, 1.165) is 11.3 Å². The Morgan fingerprint density at radius 3 is 2.68 bits per heavy atom. The van der Waals surface area contributed by atoms with E-state index in [4.69, 9.17) is 16.3 Å². The largest absolute Gasteiger partial charge is 0.497 e. The molecule has 1 aromatic carbocycles. The minimum Gasteiger partial charge on any atom is -0.497 e. The molecule has 1 amide bonds. The molecule has 98 valence electrons. The van der Waals surface area contributed by atoms with Gasteiger partial charge in [-0.05, 0) is 30.7 Å². The van der Waals surface area contributed by atoms with Crippen molar-refractivity contribution in [3.63, 3.8) is 0 Å². The first-order valence-electron chi connectivity index (χ1n) is 5.53. The summed E-state index contributed by atoms with van der Waals surface area (Å²) in [5, 5.41) is 3.00. The zero-order chi connectivity index (χ0) is 13.8. The molecule has 6 heteroatoms. The van der Waals surface area contributed by atoms with Gasteiger partial charge in [-0.2, -0.15) is 0 Å². The molecule has 1 aromatic heterocycles. The summed E-state index contributed by atoms with van der Waals surface area (Å²) in [4.78, 5) is 19.7. The number of methoxy groups -OCH3 is 1. The molecule has 0 radical (unpaired) electrons. The Bertz CT molecular complexity index is 599. The summed E-state index contributed by atoms with van der Waals surface area (Å²) in [6, 6.07) is 5.38. The van der Waals surface area contributed by atoms with Crippen LogP contribution in [0.15, 0.2) is 30.6 Å². The molecule has 1 N–H and O–H groups in total. The van der Waals surface area contributed by atoms with Gasteiger partial charge in [0, 0.05) is 5.69 Å². The topological polar surface area (TPSA) is 64.1 Å². The first-order valence-corrected chi connectivity index (χ1v) is 5.91. The van der Waals surface area contributed by atoms with Crippen LogP contribution in [0.2, 0.25) is 5.15 Å². The van der Waals surface area contributed by atoms with E-state index in [1.165, 1.54) is 12.4 Å². The fourth-order valence-corrected chi connectivity index (χ4v) is 1.62. The molecule has 0 unspecified atom stereocenters. The van der Waals surface area contributed by atoms with Crippen LogP contribution in [0.25, 0.3) is 0 Å². The van der Waals surface area contributed by atoms with E-state index in [2.05, 4.69) is 15.3 Å². The zero-order valence-electron chi connectivity index (χ0n) is 10.5. The van der Waals surface area contributed by atoms with Crippen LogP contribution in [-0.4, -0.2) is 23.0 Å². The van der Waals surface area contributed by atoms with Gasteiger partial charge in [0.1, 0.15) is 16.6 Å². The summed E-state index contributed by atoms with van der Waals surface area (Å²) >= 11 is 5.62. The summed E-state index contributed by atoms with van der Waals surface area (Å²) in [5.41, 5.74) is 1.80. The van der Waals surface area contributed by atoms with Crippen LogP contribution < -0.4 is 10.1 Å². The van der Waals surface area contributed by atoms with E-state index >= 15 is 0 Å². The van der Waals surface area contributed by atoms with Gasteiger partial charge in [-0.1, -0.05) is 11.6 Å². The van der Waals surface area contributed by atoms with Crippen LogP contribution >= 0.6 is 11.6 Å². The Labute approximate surface area is 115 Å². The third-order valence-electron chi connectivity index (χ3n) is 2.53. The molecule has 2 rings (SSSR count). The van der Waals surface area contributed by atoms with Crippen LogP contribution in [0.4, 0.5) is 5.69 Å². The number of nitrogens with one attached hydrogen (secondary N) is 1. The first-order chi connectivity index (χ1) is 9.10. The lowest BCUT2D eigenvalue weighted by Gasteiger charge is -2.09. The predicted molar refractivity (Wildman–Crippen MR) is 72.7 cm³/mol. The minimum atomic E-state index is -0.336. The quantitative estimate of drug-likeness (QED) is 0.937. The van der Waals surface area contributed by atoms with E-state index in [1.54, 1.807) is 19.2 Å². The Balaban J connectivity index is 2.17. The number of anilines is 1. The van der Waals surface area contributed by atoms with E-state index < -0.39 is 0 Å². The van der Waals surface area contributed by atoms with Crippen LogP contribution in [0.3, 0.4) is 0 Å². The van der Waals surface area contributed by atoms with Gasteiger partial charge in [0.05, 0.1) is 19.5 Å². The average molecular weight is 278 g/mol. The van der Waals surface area contributed by atoms with Crippen molar-refractivity contribution in [1.82, 2.24) is 9.97 Å². The van der Waals surface area contributed by atoms with Crippen molar-refractivity contribution >= 4 is 23.2 Å². The zero-order valence-corrected chi connectivity index (χ0v) is 11.2. The number of hydrogen-bond donors (Lipinski definition) is 1. The van der Waals surface area contributed by atoms with E-state index in [0.29, 0.717) is 5.69 Å². The minimum absolute atomic E-state index is 0.208. The van der Waals surface area contributed by atoms with E-state index in [-0.39, 0.29) is 16.8 Å². The average Bonchev–Trinajstić information content (AvgIpc) is 2.41. The highest BCUT2D eigenvalue weighted by Crippen LogP contribution is 2.21. The SMILES string of the molecule is COc1ccc(NC(=O)c2cnc(Cl)cn2)c(C)c1. The van der Waals surface area contributed by atoms with Gasteiger partial charge in [-0.25, -0.2) is 9.97 Å². The molecule has 1 heterocycles. The molecular weight excluding hydrogens is 266 g/mol. The van der Waals surface area contributed by atoms with E-state index in [9.17, 15) is 4.79 Å². The Morgan fingerprint density at radius 1 is 1.32 bits per heavy atom. The molecule has 0 aliphatic rings. The van der Waals surface area contributed by atoms with Crippen molar-refractivity contribution in [3.05, 3.63) is 47.0 Å².